The zero-order chi connectivity index (χ0) is 7.82. The van der Waals surface area contributed by atoms with Gasteiger partial charge in [0.05, 0.1) is 6.10 Å². The second-order valence-electron chi connectivity index (χ2n) is 2.33. The van der Waals surface area contributed by atoms with E-state index in [-0.39, 0.29) is 12.7 Å². The molecule has 0 rings (SSSR count). The summed E-state index contributed by atoms with van der Waals surface area (Å²) in [5.41, 5.74) is 0. The van der Waals surface area contributed by atoms with E-state index in [4.69, 9.17) is 14.9 Å². The largest absolute Gasteiger partial charge is 0.396 e. The van der Waals surface area contributed by atoms with Crippen LogP contribution in [0.5, 0.6) is 0 Å². The Labute approximate surface area is 61.6 Å². The molecule has 0 aromatic heterocycles. The second kappa shape index (κ2) is 6.99. The number of hydrogen-bond acceptors (Lipinski definition) is 3. The average Bonchev–Trinajstić information content (AvgIpc) is 1.87. The molecule has 0 aliphatic carbocycles. The minimum atomic E-state index is -0.283. The van der Waals surface area contributed by atoms with Crippen LogP contribution in [0.1, 0.15) is 19.8 Å². The molecular weight excluding hydrogens is 132 g/mol. The summed E-state index contributed by atoms with van der Waals surface area (Å²) < 4.78 is 5.06. The SMILES string of the molecule is CC(O)CCOCCCO. The van der Waals surface area contributed by atoms with Gasteiger partial charge in [0.1, 0.15) is 0 Å². The molecule has 0 aromatic carbocycles. The highest BCUT2D eigenvalue weighted by Gasteiger charge is 1.93. The van der Waals surface area contributed by atoms with E-state index in [1.54, 1.807) is 6.92 Å². The molecule has 0 bridgehead atoms. The third kappa shape index (κ3) is 7.88. The molecule has 0 aliphatic rings. The Balaban J connectivity index is 2.77. The van der Waals surface area contributed by atoms with E-state index in [1.807, 2.05) is 0 Å². The molecule has 0 saturated heterocycles. The molecule has 0 heterocycles. The summed E-state index contributed by atoms with van der Waals surface area (Å²) in [7, 11) is 0. The quantitative estimate of drug-likeness (QED) is 0.527. The Morgan fingerprint density at radius 2 is 2.10 bits per heavy atom. The van der Waals surface area contributed by atoms with Gasteiger partial charge < -0.3 is 14.9 Å². The molecule has 0 amide bonds. The molecule has 10 heavy (non-hydrogen) atoms. The van der Waals surface area contributed by atoms with Crippen LogP contribution in [0, 0.1) is 0 Å². The van der Waals surface area contributed by atoms with Gasteiger partial charge in [-0.15, -0.1) is 0 Å². The topological polar surface area (TPSA) is 49.7 Å². The Morgan fingerprint density at radius 1 is 1.40 bits per heavy atom. The summed E-state index contributed by atoms with van der Waals surface area (Å²) >= 11 is 0. The maximum Gasteiger partial charge on any atom is 0.0534 e. The summed E-state index contributed by atoms with van der Waals surface area (Å²) in [5, 5.41) is 17.1. The number of aliphatic hydroxyl groups excluding tert-OH is 2. The van der Waals surface area contributed by atoms with Gasteiger partial charge in [-0.05, 0) is 19.8 Å². The first-order chi connectivity index (χ1) is 4.77. The zero-order valence-corrected chi connectivity index (χ0v) is 6.42. The summed E-state index contributed by atoms with van der Waals surface area (Å²) in [6.45, 7) is 3.07. The summed E-state index contributed by atoms with van der Waals surface area (Å²) in [5.74, 6) is 0. The van der Waals surface area contributed by atoms with Crippen molar-refractivity contribution in [3.8, 4) is 0 Å². The highest BCUT2D eigenvalue weighted by molar-refractivity contribution is 4.44. The monoisotopic (exact) mass is 148 g/mol. The molecule has 0 saturated carbocycles. The van der Waals surface area contributed by atoms with Gasteiger partial charge in [0.15, 0.2) is 0 Å². The number of ether oxygens (including phenoxy) is 1. The van der Waals surface area contributed by atoms with Crippen molar-refractivity contribution < 1.29 is 14.9 Å². The second-order valence-corrected chi connectivity index (χ2v) is 2.33. The fourth-order valence-electron chi connectivity index (χ4n) is 0.523. The highest BCUT2D eigenvalue weighted by Crippen LogP contribution is 1.90. The minimum absolute atomic E-state index is 0.175. The van der Waals surface area contributed by atoms with Crippen molar-refractivity contribution >= 4 is 0 Å². The van der Waals surface area contributed by atoms with Gasteiger partial charge in [-0.3, -0.25) is 0 Å². The fraction of sp³-hybridized carbons (Fsp3) is 1.00. The first kappa shape index (κ1) is 9.88. The van der Waals surface area contributed by atoms with Gasteiger partial charge in [0.2, 0.25) is 0 Å². The van der Waals surface area contributed by atoms with Crippen LogP contribution in [0.3, 0.4) is 0 Å². The lowest BCUT2D eigenvalue weighted by Gasteiger charge is -2.04. The van der Waals surface area contributed by atoms with E-state index in [2.05, 4.69) is 0 Å². The zero-order valence-electron chi connectivity index (χ0n) is 6.42. The summed E-state index contributed by atoms with van der Waals surface area (Å²) in [6, 6.07) is 0. The maximum atomic E-state index is 8.78. The van der Waals surface area contributed by atoms with Crippen LogP contribution < -0.4 is 0 Å². The molecule has 0 radical (unpaired) electrons. The van der Waals surface area contributed by atoms with Gasteiger partial charge in [-0.1, -0.05) is 0 Å². The smallest absolute Gasteiger partial charge is 0.0534 e. The molecule has 3 heteroatoms. The van der Waals surface area contributed by atoms with Crippen LogP contribution in [0.25, 0.3) is 0 Å². The number of aliphatic hydroxyl groups is 2. The Morgan fingerprint density at radius 3 is 2.60 bits per heavy atom. The van der Waals surface area contributed by atoms with Gasteiger partial charge >= 0.3 is 0 Å². The van der Waals surface area contributed by atoms with E-state index in [9.17, 15) is 0 Å². The molecular formula is C7H16O3. The lowest BCUT2D eigenvalue weighted by atomic mass is 10.3. The van der Waals surface area contributed by atoms with Crippen molar-refractivity contribution in [2.24, 2.45) is 0 Å². The van der Waals surface area contributed by atoms with Gasteiger partial charge in [0.25, 0.3) is 0 Å². The Hall–Kier alpha value is -0.120. The maximum absolute atomic E-state index is 8.78. The standard InChI is InChI=1S/C7H16O3/c1-7(9)3-6-10-5-2-4-8/h7-9H,2-6H2,1H3. The van der Waals surface area contributed by atoms with E-state index in [1.165, 1.54) is 0 Å². The minimum Gasteiger partial charge on any atom is -0.396 e. The predicted octanol–water partition coefficient (Wildman–Crippen LogP) is 0.156. The van der Waals surface area contributed by atoms with Crippen LogP contribution in [-0.2, 0) is 4.74 Å². The molecule has 0 aromatic rings. The molecule has 62 valence electrons. The summed E-state index contributed by atoms with van der Waals surface area (Å²) in [6.07, 6.45) is 1.07. The van der Waals surface area contributed by atoms with Crippen LogP contribution >= 0.6 is 0 Å². The lowest BCUT2D eigenvalue weighted by Crippen LogP contribution is -2.06. The third-order valence-corrected chi connectivity index (χ3v) is 1.13. The van der Waals surface area contributed by atoms with E-state index in [0.29, 0.717) is 26.1 Å². The molecule has 0 aliphatic heterocycles. The van der Waals surface area contributed by atoms with E-state index in [0.717, 1.165) is 0 Å². The molecule has 0 spiro atoms. The lowest BCUT2D eigenvalue weighted by molar-refractivity contribution is 0.0804. The normalized spacial score (nSPS) is 13.5. The van der Waals surface area contributed by atoms with Crippen molar-refractivity contribution in [3.63, 3.8) is 0 Å². The highest BCUT2D eigenvalue weighted by atomic mass is 16.5. The molecule has 1 atom stereocenters. The van der Waals surface area contributed by atoms with E-state index >= 15 is 0 Å². The average molecular weight is 148 g/mol. The summed E-state index contributed by atoms with van der Waals surface area (Å²) in [4.78, 5) is 0. The van der Waals surface area contributed by atoms with Crippen molar-refractivity contribution in [2.75, 3.05) is 19.8 Å². The predicted molar refractivity (Wildman–Crippen MR) is 38.8 cm³/mol. The van der Waals surface area contributed by atoms with Crippen LogP contribution in [0.15, 0.2) is 0 Å². The molecule has 3 nitrogen and oxygen atoms in total. The van der Waals surface area contributed by atoms with Crippen molar-refractivity contribution in [2.45, 2.75) is 25.9 Å². The Kier molecular flexibility index (Phi) is 6.91. The van der Waals surface area contributed by atoms with Crippen molar-refractivity contribution in [3.05, 3.63) is 0 Å². The third-order valence-electron chi connectivity index (χ3n) is 1.13. The number of hydrogen-bond donors (Lipinski definition) is 2. The molecule has 1 unspecified atom stereocenters. The molecule has 2 N–H and O–H groups in total. The number of rotatable bonds is 6. The fourth-order valence-corrected chi connectivity index (χ4v) is 0.523. The van der Waals surface area contributed by atoms with Gasteiger partial charge in [0, 0.05) is 19.8 Å². The van der Waals surface area contributed by atoms with Gasteiger partial charge in [-0.2, -0.15) is 0 Å². The first-order valence-corrected chi connectivity index (χ1v) is 3.64. The van der Waals surface area contributed by atoms with Crippen LogP contribution in [-0.4, -0.2) is 36.1 Å². The van der Waals surface area contributed by atoms with Crippen molar-refractivity contribution in [1.29, 1.82) is 0 Å². The van der Waals surface area contributed by atoms with Crippen molar-refractivity contribution in [1.82, 2.24) is 0 Å². The molecule has 0 fully saturated rings. The van der Waals surface area contributed by atoms with E-state index < -0.39 is 0 Å². The van der Waals surface area contributed by atoms with Crippen LogP contribution in [0.4, 0.5) is 0 Å². The first-order valence-electron chi connectivity index (χ1n) is 3.64. The van der Waals surface area contributed by atoms with Gasteiger partial charge in [-0.25, -0.2) is 0 Å². The van der Waals surface area contributed by atoms with Crippen LogP contribution in [0.2, 0.25) is 0 Å². The Bertz CT molecular complexity index is 63.9.